The van der Waals surface area contributed by atoms with E-state index < -0.39 is 12.0 Å². The molecule has 1 N–H and O–H groups in total. The lowest BCUT2D eigenvalue weighted by atomic mass is 9.94. The van der Waals surface area contributed by atoms with Crippen LogP contribution in [0.4, 0.5) is 0 Å². The average Bonchev–Trinajstić information content (AvgIpc) is 2.80. The first-order chi connectivity index (χ1) is 7.26. The number of aliphatic imine (C=N–C) groups is 1. The standard InChI is InChI=1S/C9H12N2O3S/c12-9-3-5(6-4-13-7(9)14-6)11-1-2-15-8(11)10-9/h5-7,12H,1-4H2/t5-,6-,7-,9+/m1/s1. The molecular formula is C9H12N2O3S. The Labute approximate surface area is 91.4 Å². The van der Waals surface area contributed by atoms with Crippen molar-refractivity contribution >= 4 is 16.9 Å². The number of nitrogens with zero attached hydrogens (tertiary/aromatic N) is 2. The third kappa shape index (κ3) is 1.03. The van der Waals surface area contributed by atoms with Gasteiger partial charge in [0.15, 0.2) is 5.17 Å². The summed E-state index contributed by atoms with van der Waals surface area (Å²) in [4.78, 5) is 6.64. The number of hydrogen-bond donors (Lipinski definition) is 1. The van der Waals surface area contributed by atoms with Crippen LogP contribution in [0.5, 0.6) is 0 Å². The van der Waals surface area contributed by atoms with E-state index >= 15 is 0 Å². The summed E-state index contributed by atoms with van der Waals surface area (Å²) in [6.07, 6.45) is 0.209. The molecule has 6 heteroatoms. The molecule has 0 saturated carbocycles. The van der Waals surface area contributed by atoms with E-state index in [0.717, 1.165) is 17.5 Å². The fourth-order valence-corrected chi connectivity index (χ4v) is 3.88. The van der Waals surface area contributed by atoms with Crippen LogP contribution in [0.25, 0.3) is 0 Å². The van der Waals surface area contributed by atoms with Gasteiger partial charge < -0.3 is 19.5 Å². The van der Waals surface area contributed by atoms with Gasteiger partial charge in [-0.2, -0.15) is 0 Å². The molecule has 82 valence electrons. The van der Waals surface area contributed by atoms with Crippen LogP contribution >= 0.6 is 11.8 Å². The molecule has 0 aromatic heterocycles. The van der Waals surface area contributed by atoms with Gasteiger partial charge in [0.25, 0.3) is 0 Å². The Bertz CT molecular complexity index is 350. The fourth-order valence-electron chi connectivity index (χ4n) is 2.79. The first-order valence-electron chi connectivity index (χ1n) is 5.25. The summed E-state index contributed by atoms with van der Waals surface area (Å²) >= 11 is 1.72. The predicted molar refractivity (Wildman–Crippen MR) is 54.6 cm³/mol. The second-order valence-corrected chi connectivity index (χ2v) is 5.49. The third-order valence-corrected chi connectivity index (χ3v) is 4.50. The van der Waals surface area contributed by atoms with E-state index in [1.807, 2.05) is 0 Å². The summed E-state index contributed by atoms with van der Waals surface area (Å²) in [5.41, 5.74) is -1.14. The third-order valence-electron chi connectivity index (χ3n) is 3.53. The molecule has 5 nitrogen and oxygen atoms in total. The molecule has 4 atom stereocenters. The lowest BCUT2D eigenvalue weighted by molar-refractivity contribution is -0.224. The van der Waals surface area contributed by atoms with Gasteiger partial charge in [0.2, 0.25) is 12.0 Å². The minimum atomic E-state index is -1.14. The first kappa shape index (κ1) is 8.81. The van der Waals surface area contributed by atoms with Gasteiger partial charge >= 0.3 is 0 Å². The van der Waals surface area contributed by atoms with Crippen LogP contribution in [-0.2, 0) is 9.47 Å². The van der Waals surface area contributed by atoms with Gasteiger partial charge in [-0.1, -0.05) is 11.8 Å². The van der Waals surface area contributed by atoms with Crippen LogP contribution in [0, 0.1) is 0 Å². The lowest BCUT2D eigenvalue weighted by Crippen LogP contribution is -2.60. The summed E-state index contributed by atoms with van der Waals surface area (Å²) in [6, 6.07) is 0.247. The Morgan fingerprint density at radius 3 is 3.47 bits per heavy atom. The maximum Gasteiger partial charge on any atom is 0.212 e. The first-order valence-corrected chi connectivity index (χ1v) is 6.24. The van der Waals surface area contributed by atoms with E-state index in [1.165, 1.54) is 0 Å². The highest BCUT2D eigenvalue weighted by atomic mass is 32.2. The molecule has 0 unspecified atom stereocenters. The molecule has 3 fully saturated rings. The van der Waals surface area contributed by atoms with Crippen molar-refractivity contribution < 1.29 is 14.6 Å². The normalized spacial score (nSPS) is 51.7. The maximum absolute atomic E-state index is 10.4. The summed E-state index contributed by atoms with van der Waals surface area (Å²) in [5.74, 6) is 1.06. The summed E-state index contributed by atoms with van der Waals surface area (Å²) < 4.78 is 11.1. The highest BCUT2D eigenvalue weighted by Gasteiger charge is 2.58. The van der Waals surface area contributed by atoms with Gasteiger partial charge in [0, 0.05) is 18.7 Å². The second-order valence-electron chi connectivity index (χ2n) is 4.43. The van der Waals surface area contributed by atoms with E-state index in [2.05, 4.69) is 9.89 Å². The van der Waals surface area contributed by atoms with E-state index in [1.54, 1.807) is 11.8 Å². The van der Waals surface area contributed by atoms with Gasteiger partial charge in [0.1, 0.15) is 6.10 Å². The minimum Gasteiger partial charge on any atom is -0.365 e. The number of fused-ring (bicyclic) bond motifs is 8. The number of aliphatic hydroxyl groups is 1. The Balaban J connectivity index is 1.84. The molecule has 3 saturated heterocycles. The monoisotopic (exact) mass is 228 g/mol. The highest BCUT2D eigenvalue weighted by molar-refractivity contribution is 8.14. The highest BCUT2D eigenvalue weighted by Crippen LogP contribution is 2.44. The molecule has 0 radical (unpaired) electrons. The Morgan fingerprint density at radius 1 is 1.60 bits per heavy atom. The van der Waals surface area contributed by atoms with Crippen molar-refractivity contribution in [2.24, 2.45) is 4.99 Å². The molecule has 4 aliphatic heterocycles. The van der Waals surface area contributed by atoms with Crippen LogP contribution in [0.1, 0.15) is 6.42 Å². The van der Waals surface area contributed by atoms with Crippen molar-refractivity contribution in [3.05, 3.63) is 0 Å². The largest absolute Gasteiger partial charge is 0.365 e. The maximum atomic E-state index is 10.4. The van der Waals surface area contributed by atoms with Gasteiger partial charge in [-0.05, 0) is 0 Å². The van der Waals surface area contributed by atoms with Crippen molar-refractivity contribution in [2.45, 2.75) is 30.6 Å². The molecule has 15 heavy (non-hydrogen) atoms. The number of hydrogen-bond acceptors (Lipinski definition) is 6. The molecular weight excluding hydrogens is 216 g/mol. The molecule has 4 aliphatic rings. The van der Waals surface area contributed by atoms with Crippen molar-refractivity contribution in [1.82, 2.24) is 4.90 Å². The van der Waals surface area contributed by atoms with Crippen LogP contribution in [0.2, 0.25) is 0 Å². The van der Waals surface area contributed by atoms with Crippen molar-refractivity contribution in [2.75, 3.05) is 18.9 Å². The number of ether oxygens (including phenoxy) is 2. The molecule has 0 spiro atoms. The second kappa shape index (κ2) is 2.68. The van der Waals surface area contributed by atoms with Crippen molar-refractivity contribution in [3.8, 4) is 0 Å². The summed E-state index contributed by atoms with van der Waals surface area (Å²) in [5, 5.41) is 11.3. The molecule has 4 heterocycles. The average molecular weight is 228 g/mol. The van der Waals surface area contributed by atoms with Gasteiger partial charge in [-0.25, -0.2) is 4.99 Å². The minimum absolute atomic E-state index is 0.111. The number of amidine groups is 1. The Morgan fingerprint density at radius 2 is 2.53 bits per heavy atom. The zero-order valence-electron chi connectivity index (χ0n) is 8.13. The topological polar surface area (TPSA) is 54.3 Å². The molecule has 0 amide bonds. The van der Waals surface area contributed by atoms with Crippen molar-refractivity contribution in [1.29, 1.82) is 0 Å². The predicted octanol–water partition coefficient (Wildman–Crippen LogP) is -0.393. The van der Waals surface area contributed by atoms with E-state index in [4.69, 9.17) is 9.47 Å². The number of thioether (sulfide) groups is 1. The smallest absolute Gasteiger partial charge is 0.212 e. The fraction of sp³-hybridized carbons (Fsp3) is 0.889. The van der Waals surface area contributed by atoms with E-state index in [0.29, 0.717) is 13.0 Å². The molecule has 4 bridgehead atoms. The zero-order valence-corrected chi connectivity index (χ0v) is 8.94. The quantitative estimate of drug-likeness (QED) is 0.612. The van der Waals surface area contributed by atoms with Crippen LogP contribution < -0.4 is 0 Å². The van der Waals surface area contributed by atoms with Gasteiger partial charge in [-0.3, -0.25) is 0 Å². The summed E-state index contributed by atoms with van der Waals surface area (Å²) in [6.45, 7) is 1.59. The van der Waals surface area contributed by atoms with E-state index in [9.17, 15) is 5.11 Å². The summed E-state index contributed by atoms with van der Waals surface area (Å²) in [7, 11) is 0. The van der Waals surface area contributed by atoms with Crippen molar-refractivity contribution in [3.63, 3.8) is 0 Å². The molecule has 0 aromatic rings. The SMILES string of the molecule is O[C@@]12C[C@H]([C@H]3CO[C@@H]1O3)N1CCSC1=N2. The van der Waals surface area contributed by atoms with Crippen LogP contribution in [0.15, 0.2) is 4.99 Å². The van der Waals surface area contributed by atoms with Gasteiger partial charge in [0.05, 0.1) is 12.6 Å². The number of rotatable bonds is 0. The Kier molecular flexibility index (Phi) is 1.58. The lowest BCUT2D eigenvalue weighted by Gasteiger charge is -2.45. The van der Waals surface area contributed by atoms with Crippen LogP contribution in [0.3, 0.4) is 0 Å². The molecule has 4 rings (SSSR count). The Hall–Kier alpha value is -0.300. The molecule has 0 aliphatic carbocycles. The zero-order chi connectivity index (χ0) is 10.0. The molecule has 0 aromatic carbocycles. The van der Waals surface area contributed by atoms with Gasteiger partial charge in [-0.15, -0.1) is 0 Å². The van der Waals surface area contributed by atoms with Crippen LogP contribution in [-0.4, -0.2) is 58.2 Å². The van der Waals surface area contributed by atoms with E-state index in [-0.39, 0.29) is 12.1 Å².